The lowest BCUT2D eigenvalue weighted by molar-refractivity contribution is -0.136. The van der Waals surface area contributed by atoms with E-state index in [1.54, 1.807) is 0 Å². The third-order valence-electron chi connectivity index (χ3n) is 5.11. The summed E-state index contributed by atoms with van der Waals surface area (Å²) in [6, 6.07) is 6.03. The van der Waals surface area contributed by atoms with Crippen molar-refractivity contribution < 1.29 is 4.79 Å². The molecule has 5 heteroatoms. The van der Waals surface area contributed by atoms with Gasteiger partial charge in [-0.05, 0) is 31.9 Å². The summed E-state index contributed by atoms with van der Waals surface area (Å²) in [6.45, 7) is 7.69. The van der Waals surface area contributed by atoms with Gasteiger partial charge in [-0.25, -0.2) is 4.98 Å². The van der Waals surface area contributed by atoms with Crippen molar-refractivity contribution in [1.82, 2.24) is 14.8 Å². The minimum absolute atomic E-state index is 0.000942. The fourth-order valence-corrected chi connectivity index (χ4v) is 3.59. The Morgan fingerprint density at radius 2 is 1.70 bits per heavy atom. The number of likely N-dealkylation sites (tertiary alicyclic amines) is 1. The third-order valence-corrected chi connectivity index (χ3v) is 5.11. The highest BCUT2D eigenvalue weighted by Gasteiger charge is 2.29. The number of hydrogen-bond acceptors (Lipinski definition) is 4. The first-order valence-electron chi connectivity index (χ1n) is 8.94. The number of rotatable bonds is 3. The van der Waals surface area contributed by atoms with Gasteiger partial charge in [0.25, 0.3) is 0 Å². The molecule has 1 aromatic heterocycles. The van der Waals surface area contributed by atoms with E-state index in [1.165, 1.54) is 12.8 Å². The first-order chi connectivity index (χ1) is 11.3. The van der Waals surface area contributed by atoms with Crippen LogP contribution in [-0.4, -0.2) is 66.0 Å². The summed E-state index contributed by atoms with van der Waals surface area (Å²) in [6.07, 6.45) is 6.69. The molecular formula is C18H28N4O. The summed E-state index contributed by atoms with van der Waals surface area (Å²) in [5.74, 6) is 1.36. The molecule has 0 aliphatic carbocycles. The number of piperazine rings is 1. The van der Waals surface area contributed by atoms with Gasteiger partial charge in [-0.1, -0.05) is 18.9 Å². The minimum Gasteiger partial charge on any atom is -0.354 e. The van der Waals surface area contributed by atoms with Crippen LogP contribution < -0.4 is 4.90 Å². The van der Waals surface area contributed by atoms with E-state index in [4.69, 9.17) is 0 Å². The van der Waals surface area contributed by atoms with Gasteiger partial charge in [0.05, 0.1) is 6.04 Å². The predicted molar refractivity (Wildman–Crippen MR) is 92.5 cm³/mol. The third kappa shape index (κ3) is 4.02. The zero-order chi connectivity index (χ0) is 16.1. The second-order valence-electron chi connectivity index (χ2n) is 6.63. The summed E-state index contributed by atoms with van der Waals surface area (Å²) in [5, 5.41) is 0. The van der Waals surface area contributed by atoms with Crippen molar-refractivity contribution >= 4 is 11.7 Å². The molecule has 0 bridgehead atoms. The van der Waals surface area contributed by atoms with Gasteiger partial charge in [0.2, 0.25) is 5.91 Å². The van der Waals surface area contributed by atoms with Crippen LogP contribution in [0, 0.1) is 0 Å². The van der Waals surface area contributed by atoms with Crippen LogP contribution in [0.4, 0.5) is 5.82 Å². The van der Waals surface area contributed by atoms with Crippen molar-refractivity contribution in [2.24, 2.45) is 0 Å². The molecule has 23 heavy (non-hydrogen) atoms. The Kier molecular flexibility index (Phi) is 5.49. The van der Waals surface area contributed by atoms with E-state index in [0.29, 0.717) is 5.91 Å². The van der Waals surface area contributed by atoms with E-state index in [9.17, 15) is 4.79 Å². The van der Waals surface area contributed by atoms with Crippen molar-refractivity contribution in [2.75, 3.05) is 44.2 Å². The Bertz CT molecular complexity index is 491. The molecule has 2 saturated heterocycles. The molecule has 5 nitrogen and oxygen atoms in total. The first-order valence-corrected chi connectivity index (χ1v) is 8.94. The number of carbonyl (C=O) groups is 1. The largest absolute Gasteiger partial charge is 0.354 e. The lowest BCUT2D eigenvalue weighted by Crippen LogP contribution is -2.54. The van der Waals surface area contributed by atoms with Crippen LogP contribution in [-0.2, 0) is 4.79 Å². The highest BCUT2D eigenvalue weighted by molar-refractivity contribution is 5.81. The Morgan fingerprint density at radius 1 is 1.00 bits per heavy atom. The van der Waals surface area contributed by atoms with Gasteiger partial charge in [0, 0.05) is 45.5 Å². The topological polar surface area (TPSA) is 39.7 Å². The number of anilines is 1. The summed E-state index contributed by atoms with van der Waals surface area (Å²) in [5.41, 5.74) is 0. The zero-order valence-corrected chi connectivity index (χ0v) is 14.2. The number of aromatic nitrogens is 1. The monoisotopic (exact) mass is 316 g/mol. The number of amides is 1. The number of nitrogens with zero attached hydrogens (tertiary/aromatic N) is 4. The number of hydrogen-bond donors (Lipinski definition) is 0. The maximum atomic E-state index is 12.8. The standard InChI is InChI=1S/C18H28N4O/c1-16(18(23)22-10-6-2-3-7-11-22)20-12-14-21(15-13-20)17-8-4-5-9-19-17/h4-5,8-9,16H,2-3,6-7,10-15H2,1H3. The summed E-state index contributed by atoms with van der Waals surface area (Å²) in [4.78, 5) is 23.9. The van der Waals surface area contributed by atoms with Gasteiger partial charge in [-0.15, -0.1) is 0 Å². The average molecular weight is 316 g/mol. The van der Waals surface area contributed by atoms with E-state index in [-0.39, 0.29) is 6.04 Å². The quantitative estimate of drug-likeness (QED) is 0.855. The van der Waals surface area contributed by atoms with Crippen LogP contribution in [0.2, 0.25) is 0 Å². The Balaban J connectivity index is 1.53. The Hall–Kier alpha value is -1.62. The maximum Gasteiger partial charge on any atom is 0.239 e. The van der Waals surface area contributed by atoms with E-state index >= 15 is 0 Å². The number of pyridine rings is 1. The molecule has 126 valence electrons. The SMILES string of the molecule is CC(C(=O)N1CCCCCC1)N1CCN(c2ccccn2)CC1. The fourth-order valence-electron chi connectivity index (χ4n) is 3.59. The van der Waals surface area contributed by atoms with Gasteiger partial charge >= 0.3 is 0 Å². The molecule has 0 aromatic carbocycles. The maximum absolute atomic E-state index is 12.8. The van der Waals surface area contributed by atoms with Crippen molar-refractivity contribution in [2.45, 2.75) is 38.6 Å². The van der Waals surface area contributed by atoms with Gasteiger partial charge in [-0.2, -0.15) is 0 Å². The Morgan fingerprint density at radius 3 is 2.30 bits per heavy atom. The number of carbonyl (C=O) groups excluding carboxylic acids is 1. The molecule has 3 rings (SSSR count). The molecule has 0 spiro atoms. The van der Waals surface area contributed by atoms with E-state index in [0.717, 1.165) is 57.9 Å². The van der Waals surface area contributed by atoms with Crippen LogP contribution in [0.25, 0.3) is 0 Å². The molecule has 2 aliphatic heterocycles. The Labute approximate surface area is 139 Å². The van der Waals surface area contributed by atoms with E-state index < -0.39 is 0 Å². The normalized spacial score (nSPS) is 21.8. The average Bonchev–Trinajstić information content (AvgIpc) is 2.91. The van der Waals surface area contributed by atoms with Crippen LogP contribution in [0.15, 0.2) is 24.4 Å². The lowest BCUT2D eigenvalue weighted by atomic mass is 10.2. The molecule has 1 aromatic rings. The molecule has 1 amide bonds. The highest BCUT2D eigenvalue weighted by atomic mass is 16.2. The van der Waals surface area contributed by atoms with E-state index in [2.05, 4.69) is 32.7 Å². The molecular weight excluding hydrogens is 288 g/mol. The van der Waals surface area contributed by atoms with Gasteiger partial charge < -0.3 is 9.80 Å². The summed E-state index contributed by atoms with van der Waals surface area (Å²) >= 11 is 0. The molecule has 2 aliphatic rings. The molecule has 0 N–H and O–H groups in total. The molecule has 3 heterocycles. The van der Waals surface area contributed by atoms with Crippen molar-refractivity contribution in [1.29, 1.82) is 0 Å². The molecule has 1 atom stereocenters. The highest BCUT2D eigenvalue weighted by Crippen LogP contribution is 2.16. The van der Waals surface area contributed by atoms with Crippen LogP contribution in [0.1, 0.15) is 32.6 Å². The smallest absolute Gasteiger partial charge is 0.239 e. The molecule has 0 radical (unpaired) electrons. The predicted octanol–water partition coefficient (Wildman–Crippen LogP) is 1.99. The van der Waals surface area contributed by atoms with Gasteiger partial charge in [0.1, 0.15) is 5.82 Å². The second-order valence-corrected chi connectivity index (χ2v) is 6.63. The minimum atomic E-state index is -0.000942. The van der Waals surface area contributed by atoms with Crippen LogP contribution in [0.5, 0.6) is 0 Å². The van der Waals surface area contributed by atoms with Crippen molar-refractivity contribution in [3.05, 3.63) is 24.4 Å². The van der Waals surface area contributed by atoms with Crippen molar-refractivity contribution in [3.63, 3.8) is 0 Å². The second kappa shape index (κ2) is 7.77. The molecule has 0 saturated carbocycles. The zero-order valence-electron chi connectivity index (χ0n) is 14.2. The summed E-state index contributed by atoms with van der Waals surface area (Å²) < 4.78 is 0. The van der Waals surface area contributed by atoms with Gasteiger partial charge in [-0.3, -0.25) is 9.69 Å². The lowest BCUT2D eigenvalue weighted by Gasteiger charge is -2.39. The van der Waals surface area contributed by atoms with Gasteiger partial charge in [0.15, 0.2) is 0 Å². The summed E-state index contributed by atoms with van der Waals surface area (Å²) in [7, 11) is 0. The van der Waals surface area contributed by atoms with Crippen LogP contribution in [0.3, 0.4) is 0 Å². The van der Waals surface area contributed by atoms with E-state index in [1.807, 2.05) is 18.3 Å². The van der Waals surface area contributed by atoms with Crippen molar-refractivity contribution in [3.8, 4) is 0 Å². The molecule has 2 fully saturated rings. The first kappa shape index (κ1) is 16.2. The fraction of sp³-hybridized carbons (Fsp3) is 0.667. The van der Waals surface area contributed by atoms with Crippen LogP contribution >= 0.6 is 0 Å². The molecule has 1 unspecified atom stereocenters.